The molecule has 6 nitrogen and oxygen atoms in total. The maximum absolute atomic E-state index is 12.6. The predicted octanol–water partition coefficient (Wildman–Crippen LogP) is 2.43. The summed E-state index contributed by atoms with van der Waals surface area (Å²) in [4.78, 5) is 12.6. The van der Waals surface area contributed by atoms with E-state index in [2.05, 4.69) is 39.1 Å². The highest BCUT2D eigenvalue weighted by atomic mass is 35.5. The van der Waals surface area contributed by atoms with Crippen LogP contribution in [0, 0.1) is 0 Å². The van der Waals surface area contributed by atoms with E-state index in [4.69, 9.17) is 0 Å². The molecule has 1 aliphatic carbocycles. The Hall–Kier alpha value is -1.92. The van der Waals surface area contributed by atoms with Gasteiger partial charge in [0.25, 0.3) is 5.91 Å². The van der Waals surface area contributed by atoms with Crippen molar-refractivity contribution >= 4 is 18.3 Å². The smallest absolute Gasteiger partial charge is 0.273 e. The van der Waals surface area contributed by atoms with E-state index in [1.54, 1.807) is 6.20 Å². The number of amides is 1. The van der Waals surface area contributed by atoms with Gasteiger partial charge in [-0.25, -0.2) is 4.68 Å². The highest BCUT2D eigenvalue weighted by molar-refractivity contribution is 5.92. The molecule has 2 N–H and O–H groups in total. The van der Waals surface area contributed by atoms with Gasteiger partial charge in [0.2, 0.25) is 0 Å². The molecule has 1 unspecified atom stereocenters. The van der Waals surface area contributed by atoms with Crippen LogP contribution in [0.1, 0.15) is 59.4 Å². The molecule has 0 saturated carbocycles. The Balaban J connectivity index is 0.00000182. The van der Waals surface area contributed by atoms with E-state index in [1.165, 1.54) is 11.1 Å². The van der Waals surface area contributed by atoms with Gasteiger partial charge in [0.15, 0.2) is 5.69 Å². The van der Waals surface area contributed by atoms with Crippen LogP contribution in [0.4, 0.5) is 0 Å². The Labute approximate surface area is 153 Å². The van der Waals surface area contributed by atoms with Gasteiger partial charge < -0.3 is 10.6 Å². The van der Waals surface area contributed by atoms with E-state index < -0.39 is 0 Å². The summed E-state index contributed by atoms with van der Waals surface area (Å²) in [5.41, 5.74) is 2.99. The van der Waals surface area contributed by atoms with Crippen molar-refractivity contribution in [1.29, 1.82) is 0 Å². The van der Waals surface area contributed by atoms with Gasteiger partial charge in [-0.1, -0.05) is 29.5 Å². The number of carbonyl (C=O) groups is 1. The molecule has 1 aromatic heterocycles. The van der Waals surface area contributed by atoms with Crippen molar-refractivity contribution in [3.05, 3.63) is 47.3 Å². The highest BCUT2D eigenvalue weighted by Crippen LogP contribution is 2.29. The van der Waals surface area contributed by atoms with Crippen molar-refractivity contribution in [2.24, 2.45) is 0 Å². The quantitative estimate of drug-likeness (QED) is 0.880. The average molecular weight is 362 g/mol. The lowest BCUT2D eigenvalue weighted by Gasteiger charge is -2.26. The van der Waals surface area contributed by atoms with Crippen LogP contribution in [0.25, 0.3) is 0 Å². The summed E-state index contributed by atoms with van der Waals surface area (Å²) in [5.74, 6) is -0.128. The number of halogens is 1. The maximum atomic E-state index is 12.6. The minimum absolute atomic E-state index is 0. The van der Waals surface area contributed by atoms with Crippen LogP contribution in [0.2, 0.25) is 0 Å². The van der Waals surface area contributed by atoms with Crippen LogP contribution >= 0.6 is 12.4 Å². The molecule has 25 heavy (non-hydrogen) atoms. The third-order valence-electron chi connectivity index (χ3n) is 5.10. The van der Waals surface area contributed by atoms with E-state index in [9.17, 15) is 4.79 Å². The third kappa shape index (κ3) is 3.85. The van der Waals surface area contributed by atoms with Crippen LogP contribution in [0.3, 0.4) is 0 Å². The summed E-state index contributed by atoms with van der Waals surface area (Å²) in [7, 11) is 0. The second-order valence-electron chi connectivity index (χ2n) is 6.68. The maximum Gasteiger partial charge on any atom is 0.273 e. The fraction of sp³-hybridized carbons (Fsp3) is 0.500. The molecule has 1 aromatic carbocycles. The molecule has 1 saturated heterocycles. The van der Waals surface area contributed by atoms with Gasteiger partial charge in [0.05, 0.1) is 18.3 Å². The fourth-order valence-corrected chi connectivity index (χ4v) is 3.77. The molecule has 2 aliphatic rings. The standard InChI is InChI=1S/C18H23N5O.ClH/c24-18(17-12-23(22-21-17)14-8-10-19-11-9-14)20-16-7-3-5-13-4-1-2-6-15(13)16;/h1-2,4,6,12,14,16,19H,3,5,7-11H2,(H,20,24);1H. The number of benzene rings is 1. The largest absolute Gasteiger partial charge is 0.344 e. The lowest BCUT2D eigenvalue weighted by atomic mass is 9.88. The summed E-state index contributed by atoms with van der Waals surface area (Å²) >= 11 is 0. The fourth-order valence-electron chi connectivity index (χ4n) is 3.77. The second kappa shape index (κ2) is 7.97. The lowest BCUT2D eigenvalue weighted by Crippen LogP contribution is -2.31. The molecule has 0 radical (unpaired) electrons. The zero-order valence-corrected chi connectivity index (χ0v) is 15.0. The van der Waals surface area contributed by atoms with Gasteiger partial charge >= 0.3 is 0 Å². The van der Waals surface area contributed by atoms with Crippen LogP contribution in [-0.2, 0) is 6.42 Å². The van der Waals surface area contributed by atoms with E-state index in [-0.39, 0.29) is 24.4 Å². The second-order valence-corrected chi connectivity index (χ2v) is 6.68. The highest BCUT2D eigenvalue weighted by Gasteiger charge is 2.24. The molecule has 0 spiro atoms. The number of nitrogens with zero attached hydrogens (tertiary/aromatic N) is 3. The normalized spacial score (nSPS) is 20.4. The number of piperidine rings is 1. The predicted molar refractivity (Wildman–Crippen MR) is 98.0 cm³/mol. The molecule has 1 aliphatic heterocycles. The number of hydrogen-bond acceptors (Lipinski definition) is 4. The molecule has 1 amide bonds. The van der Waals surface area contributed by atoms with Crippen molar-refractivity contribution in [1.82, 2.24) is 25.6 Å². The summed E-state index contributed by atoms with van der Waals surface area (Å²) in [6.45, 7) is 1.98. The van der Waals surface area contributed by atoms with Crippen molar-refractivity contribution in [3.63, 3.8) is 0 Å². The molecule has 2 heterocycles. The minimum Gasteiger partial charge on any atom is -0.344 e. The molecule has 0 bridgehead atoms. The van der Waals surface area contributed by atoms with E-state index >= 15 is 0 Å². The Morgan fingerprint density at radius 1 is 1.20 bits per heavy atom. The van der Waals surface area contributed by atoms with Gasteiger partial charge in [0, 0.05) is 0 Å². The van der Waals surface area contributed by atoms with E-state index in [1.807, 2.05) is 10.7 Å². The number of aromatic nitrogens is 3. The lowest BCUT2D eigenvalue weighted by molar-refractivity contribution is 0.0927. The minimum atomic E-state index is -0.128. The Bertz CT molecular complexity index is 726. The van der Waals surface area contributed by atoms with Crippen LogP contribution in [0.15, 0.2) is 30.5 Å². The first-order chi connectivity index (χ1) is 11.8. The molecule has 2 aromatic rings. The Kier molecular flexibility index (Phi) is 5.71. The van der Waals surface area contributed by atoms with Crippen LogP contribution < -0.4 is 10.6 Å². The molecule has 7 heteroatoms. The van der Waals surface area contributed by atoms with Gasteiger partial charge in [-0.05, 0) is 56.3 Å². The summed E-state index contributed by atoms with van der Waals surface area (Å²) in [5, 5.41) is 14.7. The monoisotopic (exact) mass is 361 g/mol. The first-order valence-corrected chi connectivity index (χ1v) is 8.82. The van der Waals surface area contributed by atoms with Crippen LogP contribution in [0.5, 0.6) is 0 Å². The third-order valence-corrected chi connectivity index (χ3v) is 5.10. The molecule has 1 fully saturated rings. The number of aryl methyl sites for hydroxylation is 1. The van der Waals surface area contributed by atoms with Gasteiger partial charge in [-0.15, -0.1) is 17.5 Å². The summed E-state index contributed by atoms with van der Waals surface area (Å²) < 4.78 is 1.85. The number of nitrogens with one attached hydrogen (secondary N) is 2. The molecule has 1 atom stereocenters. The molecule has 134 valence electrons. The van der Waals surface area contributed by atoms with Crippen molar-refractivity contribution in [2.75, 3.05) is 13.1 Å². The van der Waals surface area contributed by atoms with Gasteiger partial charge in [-0.2, -0.15) is 0 Å². The SMILES string of the molecule is Cl.O=C(NC1CCCc2ccccc21)c1cn(C2CCNCC2)nn1. The zero-order chi connectivity index (χ0) is 16.4. The van der Waals surface area contributed by atoms with Gasteiger partial charge in [0.1, 0.15) is 0 Å². The van der Waals surface area contributed by atoms with E-state index in [0.29, 0.717) is 11.7 Å². The summed E-state index contributed by atoms with van der Waals surface area (Å²) in [6, 6.07) is 8.79. The first kappa shape index (κ1) is 17.9. The number of carbonyl (C=O) groups excluding carboxylic acids is 1. The molecule has 4 rings (SSSR count). The van der Waals surface area contributed by atoms with Crippen molar-refractivity contribution < 1.29 is 4.79 Å². The molecular weight excluding hydrogens is 338 g/mol. The Morgan fingerprint density at radius 2 is 2.00 bits per heavy atom. The number of rotatable bonds is 3. The van der Waals surface area contributed by atoms with Crippen LogP contribution in [-0.4, -0.2) is 34.0 Å². The zero-order valence-electron chi connectivity index (χ0n) is 14.1. The Morgan fingerprint density at radius 3 is 2.84 bits per heavy atom. The topological polar surface area (TPSA) is 71.8 Å². The number of hydrogen-bond donors (Lipinski definition) is 2. The van der Waals surface area contributed by atoms with E-state index in [0.717, 1.165) is 45.2 Å². The van der Waals surface area contributed by atoms with Crippen molar-refractivity contribution in [2.45, 2.75) is 44.2 Å². The number of fused-ring (bicyclic) bond motifs is 1. The van der Waals surface area contributed by atoms with Crippen molar-refractivity contribution in [3.8, 4) is 0 Å². The molecular formula is C18H24ClN5O. The summed E-state index contributed by atoms with van der Waals surface area (Å²) in [6.07, 6.45) is 7.02. The average Bonchev–Trinajstić information content (AvgIpc) is 3.13. The first-order valence-electron chi connectivity index (χ1n) is 8.82. The van der Waals surface area contributed by atoms with Gasteiger partial charge in [-0.3, -0.25) is 4.79 Å².